The molecule has 3 rings (SSSR count). The summed E-state index contributed by atoms with van der Waals surface area (Å²) >= 11 is 0. The predicted octanol–water partition coefficient (Wildman–Crippen LogP) is 1.84. The Morgan fingerprint density at radius 2 is 2.05 bits per heavy atom. The number of likely N-dealkylation sites (tertiary alicyclic amines) is 1. The van der Waals surface area contributed by atoms with Crippen molar-refractivity contribution in [3.63, 3.8) is 0 Å². The second-order valence-electron chi connectivity index (χ2n) is 5.20. The van der Waals surface area contributed by atoms with E-state index in [-0.39, 0.29) is 30.1 Å². The number of anilines is 1. The molecule has 2 aliphatic rings. The van der Waals surface area contributed by atoms with E-state index in [1.165, 1.54) is 11.0 Å². The molecule has 1 saturated carbocycles. The number of rotatable bonds is 3. The number of nitrogens with one attached hydrogen (secondary N) is 1. The third-order valence-corrected chi connectivity index (χ3v) is 3.61. The Balaban J connectivity index is 1.74. The van der Waals surface area contributed by atoms with Crippen LogP contribution < -0.4 is 5.32 Å². The number of amides is 2. The van der Waals surface area contributed by atoms with E-state index in [9.17, 15) is 14.0 Å². The van der Waals surface area contributed by atoms with Gasteiger partial charge in [-0.1, -0.05) is 6.07 Å². The lowest BCUT2D eigenvalue weighted by Crippen LogP contribution is -2.36. The molecule has 1 unspecified atom stereocenters. The third-order valence-electron chi connectivity index (χ3n) is 3.61. The molecule has 1 saturated heterocycles. The van der Waals surface area contributed by atoms with Crippen LogP contribution in [0.3, 0.4) is 0 Å². The van der Waals surface area contributed by atoms with Crippen LogP contribution in [0.15, 0.2) is 18.2 Å². The number of benzene rings is 1. The fourth-order valence-corrected chi connectivity index (χ4v) is 2.36. The van der Waals surface area contributed by atoms with Crippen molar-refractivity contribution in [1.82, 2.24) is 4.90 Å². The maximum atomic E-state index is 13.4. The van der Waals surface area contributed by atoms with Gasteiger partial charge in [0.2, 0.25) is 5.91 Å². The van der Waals surface area contributed by atoms with Gasteiger partial charge in [0.25, 0.3) is 5.91 Å². The van der Waals surface area contributed by atoms with Crippen LogP contribution in [0.1, 0.15) is 24.8 Å². The molecule has 2 amide bonds. The standard InChI is InChI=1S/C14H15FN2O2/c1-8-2-3-9(6-11(8)15)16-12-7-13(18)17(14(12)19)10-4-5-10/h2-3,6,10,12,16H,4-5,7H2,1H3. The molecule has 1 aliphatic heterocycles. The number of hydrogen-bond donors (Lipinski definition) is 1. The van der Waals surface area contributed by atoms with Crippen LogP contribution in [0, 0.1) is 12.7 Å². The molecule has 1 heterocycles. The molecule has 5 heteroatoms. The number of halogens is 1. The van der Waals surface area contributed by atoms with Crippen LogP contribution in [-0.4, -0.2) is 28.8 Å². The maximum Gasteiger partial charge on any atom is 0.252 e. The zero-order chi connectivity index (χ0) is 13.6. The Morgan fingerprint density at radius 1 is 1.32 bits per heavy atom. The zero-order valence-corrected chi connectivity index (χ0v) is 10.6. The second kappa shape index (κ2) is 4.33. The fourth-order valence-electron chi connectivity index (χ4n) is 2.36. The molecule has 1 N–H and O–H groups in total. The van der Waals surface area contributed by atoms with E-state index in [4.69, 9.17) is 0 Å². The third kappa shape index (κ3) is 2.20. The summed E-state index contributed by atoms with van der Waals surface area (Å²) in [5.74, 6) is -0.633. The van der Waals surface area contributed by atoms with Crippen LogP contribution in [0.2, 0.25) is 0 Å². The molecule has 19 heavy (non-hydrogen) atoms. The first-order valence-electron chi connectivity index (χ1n) is 6.45. The summed E-state index contributed by atoms with van der Waals surface area (Å²) in [6.45, 7) is 1.68. The molecule has 0 radical (unpaired) electrons. The number of nitrogens with zero attached hydrogens (tertiary/aromatic N) is 1. The molecular formula is C14H15FN2O2. The molecule has 1 aromatic rings. The summed E-state index contributed by atoms with van der Waals surface area (Å²) in [6, 6.07) is 4.26. The Kier molecular flexibility index (Phi) is 2.77. The molecule has 1 aromatic carbocycles. The number of carbonyl (C=O) groups excluding carboxylic acids is 2. The molecule has 0 aromatic heterocycles. The van der Waals surface area contributed by atoms with Gasteiger partial charge in [-0.05, 0) is 37.5 Å². The van der Waals surface area contributed by atoms with Gasteiger partial charge in [-0.2, -0.15) is 0 Å². The van der Waals surface area contributed by atoms with E-state index >= 15 is 0 Å². The summed E-state index contributed by atoms with van der Waals surface area (Å²) in [4.78, 5) is 25.2. The summed E-state index contributed by atoms with van der Waals surface area (Å²) in [5.41, 5.74) is 1.09. The lowest BCUT2D eigenvalue weighted by Gasteiger charge is -2.15. The summed E-state index contributed by atoms with van der Waals surface area (Å²) in [7, 11) is 0. The van der Waals surface area contributed by atoms with Gasteiger partial charge in [-0.25, -0.2) is 4.39 Å². The van der Waals surface area contributed by atoms with Crippen LogP contribution in [0.4, 0.5) is 10.1 Å². The Morgan fingerprint density at radius 3 is 2.68 bits per heavy atom. The second-order valence-corrected chi connectivity index (χ2v) is 5.20. The molecular weight excluding hydrogens is 247 g/mol. The maximum absolute atomic E-state index is 13.4. The van der Waals surface area contributed by atoms with Gasteiger partial charge in [0.15, 0.2) is 0 Å². The van der Waals surface area contributed by atoms with Crippen molar-refractivity contribution in [2.45, 2.75) is 38.3 Å². The smallest absolute Gasteiger partial charge is 0.252 e. The first-order chi connectivity index (χ1) is 9.06. The summed E-state index contributed by atoms with van der Waals surface area (Å²) in [6.07, 6.45) is 1.97. The zero-order valence-electron chi connectivity index (χ0n) is 10.6. The minimum atomic E-state index is -0.560. The van der Waals surface area contributed by atoms with Gasteiger partial charge < -0.3 is 5.32 Å². The van der Waals surface area contributed by atoms with E-state index in [2.05, 4.69) is 5.32 Å². The first-order valence-corrected chi connectivity index (χ1v) is 6.45. The van der Waals surface area contributed by atoms with Crippen LogP contribution >= 0.6 is 0 Å². The number of hydrogen-bond acceptors (Lipinski definition) is 3. The van der Waals surface area contributed by atoms with Crippen LogP contribution in [0.25, 0.3) is 0 Å². The topological polar surface area (TPSA) is 49.4 Å². The van der Waals surface area contributed by atoms with Gasteiger partial charge in [-0.3, -0.25) is 14.5 Å². The number of aryl methyl sites for hydroxylation is 1. The van der Waals surface area contributed by atoms with Crippen molar-refractivity contribution in [1.29, 1.82) is 0 Å². The van der Waals surface area contributed by atoms with Crippen molar-refractivity contribution in [3.8, 4) is 0 Å². The van der Waals surface area contributed by atoms with Crippen molar-refractivity contribution >= 4 is 17.5 Å². The van der Waals surface area contributed by atoms with Gasteiger partial charge in [0.1, 0.15) is 11.9 Å². The highest BCUT2D eigenvalue weighted by Gasteiger charge is 2.46. The van der Waals surface area contributed by atoms with Crippen LogP contribution in [0.5, 0.6) is 0 Å². The SMILES string of the molecule is Cc1ccc(NC2CC(=O)N(C3CC3)C2=O)cc1F. The lowest BCUT2D eigenvalue weighted by molar-refractivity contribution is -0.139. The highest BCUT2D eigenvalue weighted by Crippen LogP contribution is 2.32. The fraction of sp³-hybridized carbons (Fsp3) is 0.429. The molecule has 4 nitrogen and oxygen atoms in total. The van der Waals surface area contributed by atoms with Gasteiger partial charge >= 0.3 is 0 Å². The number of imide groups is 1. The van der Waals surface area contributed by atoms with Crippen LogP contribution in [-0.2, 0) is 9.59 Å². The van der Waals surface area contributed by atoms with E-state index in [1.54, 1.807) is 19.1 Å². The average Bonchev–Trinajstić information content (AvgIpc) is 3.13. The van der Waals surface area contributed by atoms with Gasteiger partial charge in [0.05, 0.1) is 6.42 Å². The predicted molar refractivity (Wildman–Crippen MR) is 68.0 cm³/mol. The highest BCUT2D eigenvalue weighted by atomic mass is 19.1. The van der Waals surface area contributed by atoms with Crippen molar-refractivity contribution < 1.29 is 14.0 Å². The summed E-state index contributed by atoms with van der Waals surface area (Å²) < 4.78 is 13.4. The van der Waals surface area contributed by atoms with E-state index in [0.717, 1.165) is 12.8 Å². The molecule has 1 atom stereocenters. The lowest BCUT2D eigenvalue weighted by atomic mass is 10.2. The summed E-state index contributed by atoms with van der Waals surface area (Å²) in [5, 5.41) is 2.95. The Labute approximate surface area is 110 Å². The Bertz CT molecular complexity index is 554. The monoisotopic (exact) mass is 262 g/mol. The van der Waals surface area contributed by atoms with Gasteiger partial charge in [-0.15, -0.1) is 0 Å². The van der Waals surface area contributed by atoms with Crippen molar-refractivity contribution in [2.24, 2.45) is 0 Å². The molecule has 100 valence electrons. The molecule has 1 aliphatic carbocycles. The first kappa shape index (κ1) is 12.1. The molecule has 2 fully saturated rings. The minimum absolute atomic E-state index is 0.0987. The quantitative estimate of drug-likeness (QED) is 0.845. The van der Waals surface area contributed by atoms with E-state index in [0.29, 0.717) is 11.3 Å². The van der Waals surface area contributed by atoms with Crippen molar-refractivity contribution in [3.05, 3.63) is 29.6 Å². The van der Waals surface area contributed by atoms with E-state index in [1.807, 2.05) is 0 Å². The van der Waals surface area contributed by atoms with E-state index < -0.39 is 6.04 Å². The van der Waals surface area contributed by atoms with Crippen molar-refractivity contribution in [2.75, 3.05) is 5.32 Å². The van der Waals surface area contributed by atoms with Gasteiger partial charge in [0, 0.05) is 11.7 Å². The molecule has 0 bridgehead atoms. The number of carbonyl (C=O) groups is 2. The Hall–Kier alpha value is -1.91. The minimum Gasteiger partial charge on any atom is -0.373 e. The average molecular weight is 262 g/mol. The normalized spacial score (nSPS) is 23.1. The largest absolute Gasteiger partial charge is 0.373 e. The highest BCUT2D eigenvalue weighted by molar-refractivity contribution is 6.07. The molecule has 0 spiro atoms.